The lowest BCUT2D eigenvalue weighted by Crippen LogP contribution is -2.43. The van der Waals surface area contributed by atoms with Crippen molar-refractivity contribution in [2.45, 2.75) is 20.4 Å². The topological polar surface area (TPSA) is 85.6 Å². The second kappa shape index (κ2) is 7.05. The summed E-state index contributed by atoms with van der Waals surface area (Å²) in [5, 5.41) is 11.8. The van der Waals surface area contributed by atoms with Crippen LogP contribution in [0.25, 0.3) is 0 Å². The van der Waals surface area contributed by atoms with Crippen LogP contribution in [0.15, 0.2) is 11.3 Å². The number of rotatable bonds is 5. The number of nitrogens with zero attached hydrogens (tertiary/aromatic N) is 6. The molecular formula is C14H22N6O3. The molecule has 1 fully saturated rings. The molecule has 2 aliphatic heterocycles. The van der Waals surface area contributed by atoms with Gasteiger partial charge in [-0.2, -0.15) is 0 Å². The first kappa shape index (κ1) is 15.9. The zero-order chi connectivity index (χ0) is 16.2. The predicted octanol–water partition coefficient (Wildman–Crippen LogP) is -0.338. The molecule has 0 spiro atoms. The maximum Gasteiger partial charge on any atom is 0.337 e. The molecule has 1 saturated heterocycles. The molecule has 0 bridgehead atoms. The molecule has 9 heteroatoms. The van der Waals surface area contributed by atoms with E-state index in [2.05, 4.69) is 20.4 Å². The Kier molecular flexibility index (Phi) is 4.87. The fourth-order valence-corrected chi connectivity index (χ4v) is 2.84. The number of tetrazole rings is 1. The molecule has 3 heterocycles. The molecule has 1 aromatic rings. The molecule has 23 heavy (non-hydrogen) atoms. The Bertz CT molecular complexity index is 593. The minimum atomic E-state index is -0.303. The van der Waals surface area contributed by atoms with Gasteiger partial charge >= 0.3 is 5.97 Å². The summed E-state index contributed by atoms with van der Waals surface area (Å²) in [6, 6.07) is 0. The van der Waals surface area contributed by atoms with Gasteiger partial charge in [0.1, 0.15) is 0 Å². The summed E-state index contributed by atoms with van der Waals surface area (Å²) in [7, 11) is 0. The highest BCUT2D eigenvalue weighted by Gasteiger charge is 2.29. The van der Waals surface area contributed by atoms with Crippen molar-refractivity contribution >= 4 is 11.9 Å². The Morgan fingerprint density at radius 3 is 2.83 bits per heavy atom. The lowest BCUT2D eigenvalue weighted by molar-refractivity contribution is -0.138. The standard InChI is InChI=1S/C14H22N6O3/c1-3-23-13(21)12-10-20-14(15-16-17-20)19(11(12)2)5-4-18-6-8-22-9-7-18/h3-10H2,1-2H3. The number of esters is 1. The van der Waals surface area contributed by atoms with E-state index in [4.69, 9.17) is 9.47 Å². The molecule has 0 aromatic carbocycles. The Morgan fingerprint density at radius 2 is 2.09 bits per heavy atom. The van der Waals surface area contributed by atoms with Crippen LogP contribution in [-0.4, -0.2) is 77.1 Å². The second-order valence-corrected chi connectivity index (χ2v) is 5.53. The van der Waals surface area contributed by atoms with Gasteiger partial charge < -0.3 is 14.4 Å². The molecule has 3 rings (SSSR count). The van der Waals surface area contributed by atoms with Crippen molar-refractivity contribution < 1.29 is 14.3 Å². The lowest BCUT2D eigenvalue weighted by Gasteiger charge is -2.33. The van der Waals surface area contributed by atoms with E-state index < -0.39 is 0 Å². The molecule has 9 nitrogen and oxygen atoms in total. The Balaban J connectivity index is 1.76. The molecule has 0 unspecified atom stereocenters. The first-order chi connectivity index (χ1) is 11.2. The van der Waals surface area contributed by atoms with Crippen LogP contribution < -0.4 is 4.90 Å². The van der Waals surface area contributed by atoms with Crippen LogP contribution in [0, 0.1) is 0 Å². The molecule has 0 amide bonds. The first-order valence-corrected chi connectivity index (χ1v) is 7.91. The summed E-state index contributed by atoms with van der Waals surface area (Å²) < 4.78 is 12.2. The molecule has 0 saturated carbocycles. The van der Waals surface area contributed by atoms with Crippen LogP contribution in [0.3, 0.4) is 0 Å². The number of ether oxygens (including phenoxy) is 2. The van der Waals surface area contributed by atoms with Crippen LogP contribution in [0.1, 0.15) is 13.8 Å². The number of aromatic nitrogens is 4. The van der Waals surface area contributed by atoms with Gasteiger partial charge in [0.05, 0.1) is 31.9 Å². The van der Waals surface area contributed by atoms with Crippen molar-refractivity contribution in [3.63, 3.8) is 0 Å². The number of anilines is 1. The van der Waals surface area contributed by atoms with E-state index in [1.165, 1.54) is 0 Å². The number of morpholine rings is 1. The van der Waals surface area contributed by atoms with Gasteiger partial charge in [-0.1, -0.05) is 5.10 Å². The average molecular weight is 322 g/mol. The third-order valence-electron chi connectivity index (χ3n) is 4.17. The molecule has 0 N–H and O–H groups in total. The largest absolute Gasteiger partial charge is 0.463 e. The van der Waals surface area contributed by atoms with Gasteiger partial charge in [0, 0.05) is 31.9 Å². The number of allylic oxidation sites excluding steroid dienone is 1. The summed E-state index contributed by atoms with van der Waals surface area (Å²) in [5.41, 5.74) is 1.47. The average Bonchev–Trinajstić information content (AvgIpc) is 3.03. The zero-order valence-electron chi connectivity index (χ0n) is 13.6. The van der Waals surface area contributed by atoms with Gasteiger partial charge in [-0.3, -0.25) is 4.90 Å². The van der Waals surface area contributed by atoms with E-state index >= 15 is 0 Å². The fraction of sp³-hybridized carbons (Fsp3) is 0.714. The van der Waals surface area contributed by atoms with Crippen LogP contribution in [0.4, 0.5) is 5.95 Å². The minimum absolute atomic E-state index is 0.303. The van der Waals surface area contributed by atoms with Crippen molar-refractivity contribution in [1.82, 2.24) is 25.1 Å². The highest BCUT2D eigenvalue weighted by Crippen LogP contribution is 2.25. The maximum absolute atomic E-state index is 12.2. The zero-order valence-corrected chi connectivity index (χ0v) is 13.6. The maximum atomic E-state index is 12.2. The van der Waals surface area contributed by atoms with Crippen molar-refractivity contribution in [3.05, 3.63) is 11.3 Å². The summed E-state index contributed by atoms with van der Waals surface area (Å²) in [4.78, 5) is 16.5. The van der Waals surface area contributed by atoms with Crippen molar-refractivity contribution in [2.24, 2.45) is 0 Å². The van der Waals surface area contributed by atoms with Gasteiger partial charge in [0.15, 0.2) is 0 Å². The van der Waals surface area contributed by atoms with E-state index in [9.17, 15) is 4.79 Å². The normalized spacial score (nSPS) is 19.0. The van der Waals surface area contributed by atoms with Crippen LogP contribution in [0.5, 0.6) is 0 Å². The van der Waals surface area contributed by atoms with E-state index in [1.54, 1.807) is 11.6 Å². The van der Waals surface area contributed by atoms with Gasteiger partial charge in [-0.15, -0.1) is 0 Å². The van der Waals surface area contributed by atoms with Crippen molar-refractivity contribution in [1.29, 1.82) is 0 Å². The quantitative estimate of drug-likeness (QED) is 0.681. The summed E-state index contributed by atoms with van der Waals surface area (Å²) in [5.74, 6) is 0.367. The SMILES string of the molecule is CCOC(=O)C1=C(C)N(CCN2CCOCC2)c2nnnn2C1. The third-order valence-corrected chi connectivity index (χ3v) is 4.17. The third kappa shape index (κ3) is 3.35. The number of hydrogen-bond donors (Lipinski definition) is 0. The van der Waals surface area contributed by atoms with Crippen LogP contribution in [-0.2, 0) is 20.8 Å². The number of carbonyl (C=O) groups excluding carboxylic acids is 1. The molecule has 0 atom stereocenters. The Morgan fingerprint density at radius 1 is 1.30 bits per heavy atom. The minimum Gasteiger partial charge on any atom is -0.463 e. The summed E-state index contributed by atoms with van der Waals surface area (Å²) in [6.45, 7) is 9.38. The Hall–Kier alpha value is -2.00. The van der Waals surface area contributed by atoms with E-state index in [0.29, 0.717) is 24.7 Å². The van der Waals surface area contributed by atoms with Crippen molar-refractivity contribution in [2.75, 3.05) is 50.9 Å². The summed E-state index contributed by atoms with van der Waals surface area (Å²) in [6.07, 6.45) is 0. The summed E-state index contributed by atoms with van der Waals surface area (Å²) >= 11 is 0. The fourth-order valence-electron chi connectivity index (χ4n) is 2.84. The highest BCUT2D eigenvalue weighted by molar-refractivity contribution is 5.90. The molecule has 2 aliphatic rings. The van der Waals surface area contributed by atoms with E-state index in [1.807, 2.05) is 11.8 Å². The second-order valence-electron chi connectivity index (χ2n) is 5.53. The molecular weight excluding hydrogens is 300 g/mol. The van der Waals surface area contributed by atoms with Crippen LogP contribution >= 0.6 is 0 Å². The van der Waals surface area contributed by atoms with E-state index in [0.717, 1.165) is 45.1 Å². The number of fused-ring (bicyclic) bond motifs is 1. The highest BCUT2D eigenvalue weighted by atomic mass is 16.5. The lowest BCUT2D eigenvalue weighted by atomic mass is 10.1. The molecule has 1 aromatic heterocycles. The molecule has 0 aliphatic carbocycles. The molecule has 0 radical (unpaired) electrons. The smallest absolute Gasteiger partial charge is 0.337 e. The number of hydrogen-bond acceptors (Lipinski definition) is 8. The predicted molar refractivity (Wildman–Crippen MR) is 81.8 cm³/mol. The van der Waals surface area contributed by atoms with Gasteiger partial charge in [0.2, 0.25) is 5.95 Å². The van der Waals surface area contributed by atoms with Crippen molar-refractivity contribution in [3.8, 4) is 0 Å². The Labute approximate surface area is 134 Å². The first-order valence-electron chi connectivity index (χ1n) is 7.91. The van der Waals surface area contributed by atoms with Gasteiger partial charge in [0.25, 0.3) is 0 Å². The number of carbonyl (C=O) groups is 1. The van der Waals surface area contributed by atoms with Gasteiger partial charge in [-0.25, -0.2) is 9.48 Å². The molecule has 126 valence electrons. The van der Waals surface area contributed by atoms with E-state index in [-0.39, 0.29) is 5.97 Å². The van der Waals surface area contributed by atoms with Gasteiger partial charge in [-0.05, 0) is 24.3 Å². The van der Waals surface area contributed by atoms with Crippen LogP contribution in [0.2, 0.25) is 0 Å². The monoisotopic (exact) mass is 322 g/mol.